The summed E-state index contributed by atoms with van der Waals surface area (Å²) in [6.07, 6.45) is 9.03. The van der Waals surface area contributed by atoms with E-state index in [1.165, 1.54) is 18.6 Å². The molecule has 2 fully saturated rings. The molecule has 4 heterocycles. The highest BCUT2D eigenvalue weighted by Crippen LogP contribution is 2.30. The summed E-state index contributed by atoms with van der Waals surface area (Å²) in [6.45, 7) is 0.968. The van der Waals surface area contributed by atoms with Crippen LogP contribution in [0.5, 0.6) is 0 Å². The average molecular weight is 368 g/mol. The molecule has 0 aromatic carbocycles. The molecule has 4 rings (SSSR count). The van der Waals surface area contributed by atoms with Crippen LogP contribution in [0.3, 0.4) is 0 Å². The fourth-order valence-electron chi connectivity index (χ4n) is 4.00. The molecule has 2 aliphatic heterocycles. The molecule has 2 atom stereocenters. The van der Waals surface area contributed by atoms with Crippen molar-refractivity contribution in [1.29, 1.82) is 0 Å². The van der Waals surface area contributed by atoms with Crippen LogP contribution in [0.4, 0.5) is 0 Å². The van der Waals surface area contributed by atoms with E-state index in [1.54, 1.807) is 17.3 Å². The van der Waals surface area contributed by atoms with Gasteiger partial charge in [-0.15, -0.1) is 0 Å². The molecule has 2 aromatic rings. The van der Waals surface area contributed by atoms with E-state index in [-0.39, 0.29) is 35.9 Å². The number of amides is 2. The molecule has 9 heteroatoms. The third-order valence-electron chi connectivity index (χ3n) is 5.24. The standard InChI is InChI=1S/C18H20N6O3/c25-16(6-12-7-19-11-20-8-12)23-9-13-2-1-3-14(10-23)24(13)18(27)15-4-5-21-22-17(15)26/h4-5,7-8,11,13-14H,1-3,6,9-10H2,(H,22,26). The smallest absolute Gasteiger partial charge is 0.277 e. The summed E-state index contributed by atoms with van der Waals surface area (Å²) in [5.74, 6) is -0.271. The van der Waals surface area contributed by atoms with Crippen molar-refractivity contribution < 1.29 is 9.59 Å². The molecule has 0 saturated carbocycles. The SMILES string of the molecule is O=C(Cc1cncnc1)N1CC2CCCC(C1)N2C(=O)c1ccn[nH]c1=O. The topological polar surface area (TPSA) is 112 Å². The van der Waals surface area contributed by atoms with E-state index in [1.807, 2.05) is 4.90 Å². The Morgan fingerprint density at radius 1 is 1.15 bits per heavy atom. The van der Waals surface area contributed by atoms with Gasteiger partial charge in [-0.2, -0.15) is 5.10 Å². The van der Waals surface area contributed by atoms with E-state index in [4.69, 9.17) is 0 Å². The van der Waals surface area contributed by atoms with Crippen molar-refractivity contribution in [2.24, 2.45) is 0 Å². The average Bonchev–Trinajstić information content (AvgIpc) is 2.67. The van der Waals surface area contributed by atoms with E-state index in [2.05, 4.69) is 20.2 Å². The molecular weight excluding hydrogens is 348 g/mol. The van der Waals surface area contributed by atoms with E-state index in [0.717, 1.165) is 24.8 Å². The number of rotatable bonds is 3. The summed E-state index contributed by atoms with van der Waals surface area (Å²) in [6, 6.07) is 1.30. The number of H-pyrrole nitrogens is 1. The van der Waals surface area contributed by atoms with Crippen LogP contribution in [-0.2, 0) is 11.2 Å². The quantitative estimate of drug-likeness (QED) is 0.817. The minimum atomic E-state index is -0.483. The van der Waals surface area contributed by atoms with Crippen LogP contribution in [0.2, 0.25) is 0 Å². The lowest BCUT2D eigenvalue weighted by Crippen LogP contribution is -2.64. The first kappa shape index (κ1) is 17.3. The Hall–Kier alpha value is -3.10. The lowest BCUT2D eigenvalue weighted by atomic mass is 9.90. The van der Waals surface area contributed by atoms with Gasteiger partial charge in [-0.05, 0) is 30.9 Å². The molecular formula is C18H20N6O3. The minimum Gasteiger partial charge on any atom is -0.338 e. The van der Waals surface area contributed by atoms with Crippen LogP contribution in [0.15, 0.2) is 35.8 Å². The maximum atomic E-state index is 13.0. The summed E-state index contributed by atoms with van der Waals surface area (Å²) in [5, 5.41) is 5.96. The van der Waals surface area contributed by atoms with E-state index in [0.29, 0.717) is 13.1 Å². The van der Waals surface area contributed by atoms with Gasteiger partial charge in [-0.1, -0.05) is 0 Å². The molecule has 2 aromatic heterocycles. The van der Waals surface area contributed by atoms with Gasteiger partial charge in [0.15, 0.2) is 0 Å². The molecule has 9 nitrogen and oxygen atoms in total. The predicted molar refractivity (Wildman–Crippen MR) is 94.8 cm³/mol. The summed E-state index contributed by atoms with van der Waals surface area (Å²) < 4.78 is 0. The van der Waals surface area contributed by atoms with Crippen molar-refractivity contribution in [1.82, 2.24) is 30.0 Å². The van der Waals surface area contributed by atoms with Crippen LogP contribution in [0, 0.1) is 0 Å². The van der Waals surface area contributed by atoms with Gasteiger partial charge in [0.2, 0.25) is 5.91 Å². The number of hydrogen-bond acceptors (Lipinski definition) is 6. The van der Waals surface area contributed by atoms with Gasteiger partial charge in [0.1, 0.15) is 11.9 Å². The number of hydrogen-bond donors (Lipinski definition) is 1. The molecule has 0 spiro atoms. The van der Waals surface area contributed by atoms with Crippen molar-refractivity contribution in [2.75, 3.05) is 13.1 Å². The Labute approximate surface area is 155 Å². The van der Waals surface area contributed by atoms with Gasteiger partial charge < -0.3 is 9.80 Å². The second-order valence-corrected chi connectivity index (χ2v) is 6.97. The number of likely N-dealkylation sites (tertiary alicyclic amines) is 1. The summed E-state index contributed by atoms with van der Waals surface area (Å²) in [5.41, 5.74) is 0.390. The molecule has 2 saturated heterocycles. The first-order chi connectivity index (χ1) is 13.1. The molecule has 2 unspecified atom stereocenters. The Balaban J connectivity index is 1.51. The molecule has 2 amide bonds. The third-order valence-corrected chi connectivity index (χ3v) is 5.24. The minimum absolute atomic E-state index is 0.00978. The van der Waals surface area contributed by atoms with Crippen LogP contribution < -0.4 is 5.56 Å². The van der Waals surface area contributed by atoms with Crippen molar-refractivity contribution >= 4 is 11.8 Å². The summed E-state index contributed by atoms with van der Waals surface area (Å²) >= 11 is 0. The van der Waals surface area contributed by atoms with Gasteiger partial charge in [-0.3, -0.25) is 14.4 Å². The summed E-state index contributed by atoms with van der Waals surface area (Å²) in [7, 11) is 0. The first-order valence-corrected chi connectivity index (χ1v) is 9.01. The lowest BCUT2D eigenvalue weighted by Gasteiger charge is -2.50. The number of nitrogens with zero attached hydrogens (tertiary/aromatic N) is 5. The van der Waals surface area contributed by atoms with Gasteiger partial charge >= 0.3 is 0 Å². The van der Waals surface area contributed by atoms with Crippen molar-refractivity contribution in [3.8, 4) is 0 Å². The molecule has 0 aliphatic carbocycles. The van der Waals surface area contributed by atoms with E-state index in [9.17, 15) is 14.4 Å². The zero-order valence-electron chi connectivity index (χ0n) is 14.7. The second kappa shape index (κ2) is 7.26. The highest BCUT2D eigenvalue weighted by atomic mass is 16.2. The molecule has 1 N–H and O–H groups in total. The van der Waals surface area contributed by atoms with Gasteiger partial charge in [0, 0.05) is 43.8 Å². The Morgan fingerprint density at radius 2 is 1.85 bits per heavy atom. The molecule has 2 aliphatic rings. The van der Waals surface area contributed by atoms with Gasteiger partial charge in [-0.25, -0.2) is 15.1 Å². The van der Waals surface area contributed by atoms with Crippen molar-refractivity contribution in [3.63, 3.8) is 0 Å². The predicted octanol–water partition coefficient (Wildman–Crippen LogP) is 0.00810. The Morgan fingerprint density at radius 3 is 2.52 bits per heavy atom. The normalized spacial score (nSPS) is 21.8. The van der Waals surface area contributed by atoms with Gasteiger partial charge in [0.05, 0.1) is 6.42 Å². The monoisotopic (exact) mass is 368 g/mol. The molecule has 0 radical (unpaired) electrons. The number of aromatic amines is 1. The highest BCUT2D eigenvalue weighted by Gasteiger charge is 2.42. The zero-order chi connectivity index (χ0) is 18.8. The van der Waals surface area contributed by atoms with Crippen molar-refractivity contribution in [2.45, 2.75) is 37.8 Å². The Bertz CT molecular complexity index is 885. The largest absolute Gasteiger partial charge is 0.338 e. The number of aromatic nitrogens is 4. The van der Waals surface area contributed by atoms with Crippen LogP contribution in [-0.4, -0.2) is 67.0 Å². The molecule has 140 valence electrons. The van der Waals surface area contributed by atoms with E-state index >= 15 is 0 Å². The van der Waals surface area contributed by atoms with Crippen LogP contribution in [0.25, 0.3) is 0 Å². The third kappa shape index (κ3) is 3.44. The number of fused-ring (bicyclic) bond motifs is 2. The second-order valence-electron chi connectivity index (χ2n) is 6.97. The number of piperazine rings is 1. The fraction of sp³-hybridized carbons (Fsp3) is 0.444. The fourth-order valence-corrected chi connectivity index (χ4v) is 4.00. The summed E-state index contributed by atoms with van der Waals surface area (Å²) in [4.78, 5) is 49.1. The number of piperidine rings is 1. The zero-order valence-corrected chi connectivity index (χ0v) is 14.7. The van der Waals surface area contributed by atoms with Crippen LogP contribution >= 0.6 is 0 Å². The molecule has 27 heavy (non-hydrogen) atoms. The van der Waals surface area contributed by atoms with Gasteiger partial charge in [0.25, 0.3) is 11.5 Å². The first-order valence-electron chi connectivity index (χ1n) is 9.01. The van der Waals surface area contributed by atoms with Crippen molar-refractivity contribution in [3.05, 3.63) is 52.5 Å². The number of nitrogens with one attached hydrogen (secondary N) is 1. The number of carbonyl (C=O) groups is 2. The highest BCUT2D eigenvalue weighted by molar-refractivity contribution is 5.94. The maximum absolute atomic E-state index is 13.0. The molecule has 2 bridgehead atoms. The maximum Gasteiger partial charge on any atom is 0.277 e. The number of carbonyl (C=O) groups excluding carboxylic acids is 2. The lowest BCUT2D eigenvalue weighted by molar-refractivity contribution is -0.135. The Kier molecular flexibility index (Phi) is 4.66. The van der Waals surface area contributed by atoms with E-state index < -0.39 is 5.56 Å². The van der Waals surface area contributed by atoms with Crippen LogP contribution in [0.1, 0.15) is 35.2 Å².